The zero-order chi connectivity index (χ0) is 9.14. The molecule has 0 saturated carbocycles. The lowest BCUT2D eigenvalue weighted by atomic mass is 10.2. The monoisotopic (exact) mass is 274 g/mol. The summed E-state index contributed by atoms with van der Waals surface area (Å²) < 4.78 is 1.77. The summed E-state index contributed by atoms with van der Waals surface area (Å²) in [5, 5.41) is 4.28. The second-order valence-electron chi connectivity index (χ2n) is 2.78. The molecule has 0 atom stereocenters. The van der Waals surface area contributed by atoms with Crippen molar-refractivity contribution in [2.75, 3.05) is 0 Å². The third kappa shape index (κ3) is 2.20. The Kier molecular flexibility index (Phi) is 3.08. The van der Waals surface area contributed by atoms with Gasteiger partial charge in [-0.3, -0.25) is 0 Å². The van der Waals surface area contributed by atoms with E-state index < -0.39 is 0 Å². The van der Waals surface area contributed by atoms with Crippen molar-refractivity contribution in [3.05, 3.63) is 29.6 Å². The maximum atomic E-state index is 4.28. The van der Waals surface area contributed by atoms with Crippen LogP contribution in [0.25, 0.3) is 12.2 Å². The predicted octanol–water partition coefficient (Wildman–Crippen LogP) is 3.15. The van der Waals surface area contributed by atoms with Gasteiger partial charge in [0.1, 0.15) is 0 Å². The summed E-state index contributed by atoms with van der Waals surface area (Å²) in [5.41, 5.74) is 3.30. The molecular formula is C9H11IN2. The van der Waals surface area contributed by atoms with Gasteiger partial charge in [0.05, 0.1) is 28.6 Å². The second-order valence-corrected chi connectivity index (χ2v) is 3.77. The van der Waals surface area contributed by atoms with E-state index in [0.717, 1.165) is 11.3 Å². The standard InChI is InChI=1S/C9H11IN2/c1-4-8-6-12(10)11-9(8)5-7(2)3/h4-6H,1H2,2-3H3. The fraction of sp³-hybridized carbons (Fsp3) is 0.222. The Hall–Kier alpha value is -0.580. The molecule has 0 aromatic carbocycles. The number of hydrogen-bond donors (Lipinski definition) is 0. The Balaban J connectivity index is 3.13. The van der Waals surface area contributed by atoms with Crippen molar-refractivity contribution in [2.45, 2.75) is 13.8 Å². The molecule has 0 saturated heterocycles. The maximum Gasteiger partial charge on any atom is 0.0931 e. The van der Waals surface area contributed by atoms with Gasteiger partial charge in [-0.05, 0) is 19.9 Å². The van der Waals surface area contributed by atoms with Crippen molar-refractivity contribution in [3.63, 3.8) is 0 Å². The molecule has 0 spiro atoms. The molecule has 0 unspecified atom stereocenters. The third-order valence-corrected chi connectivity index (χ3v) is 1.88. The molecule has 1 rings (SSSR count). The van der Waals surface area contributed by atoms with Crippen LogP contribution in [-0.4, -0.2) is 7.99 Å². The average Bonchev–Trinajstić information content (AvgIpc) is 2.29. The fourth-order valence-corrected chi connectivity index (χ4v) is 1.45. The van der Waals surface area contributed by atoms with Gasteiger partial charge in [-0.15, -0.1) is 0 Å². The van der Waals surface area contributed by atoms with Crippen molar-refractivity contribution < 1.29 is 0 Å². The second kappa shape index (κ2) is 3.89. The molecule has 0 amide bonds. The van der Waals surface area contributed by atoms with E-state index in [-0.39, 0.29) is 0 Å². The van der Waals surface area contributed by atoms with Crippen LogP contribution >= 0.6 is 22.9 Å². The minimum atomic E-state index is 0.986. The van der Waals surface area contributed by atoms with Crippen LogP contribution in [0.1, 0.15) is 25.1 Å². The molecule has 0 aliphatic carbocycles. The van der Waals surface area contributed by atoms with Gasteiger partial charge < -0.3 is 0 Å². The molecule has 3 heteroatoms. The molecule has 1 aromatic heterocycles. The Bertz CT molecular complexity index is 319. The van der Waals surface area contributed by atoms with Crippen molar-refractivity contribution >= 4 is 35.0 Å². The van der Waals surface area contributed by atoms with E-state index in [9.17, 15) is 0 Å². The van der Waals surface area contributed by atoms with Crippen LogP contribution in [0.15, 0.2) is 18.3 Å². The number of nitrogens with zero attached hydrogens (tertiary/aromatic N) is 2. The highest BCUT2D eigenvalue weighted by atomic mass is 127. The molecule has 1 aromatic rings. The first-order chi connectivity index (χ1) is 5.63. The Morgan fingerprint density at radius 2 is 2.33 bits per heavy atom. The van der Waals surface area contributed by atoms with Crippen LogP contribution in [0, 0.1) is 0 Å². The minimum absolute atomic E-state index is 0.986. The quantitative estimate of drug-likeness (QED) is 0.757. The fourth-order valence-electron chi connectivity index (χ4n) is 0.913. The summed E-state index contributed by atoms with van der Waals surface area (Å²) in [6.45, 7) is 7.84. The smallest absolute Gasteiger partial charge is 0.0931 e. The molecule has 0 radical (unpaired) electrons. The molecule has 0 aliphatic rings. The van der Waals surface area contributed by atoms with E-state index >= 15 is 0 Å². The first-order valence-corrected chi connectivity index (χ1v) is 4.63. The van der Waals surface area contributed by atoms with Crippen LogP contribution in [0.3, 0.4) is 0 Å². The van der Waals surface area contributed by atoms with Crippen LogP contribution in [0.2, 0.25) is 0 Å². The van der Waals surface area contributed by atoms with Gasteiger partial charge in [-0.25, -0.2) is 2.90 Å². The molecule has 12 heavy (non-hydrogen) atoms. The van der Waals surface area contributed by atoms with Crippen LogP contribution in [0.4, 0.5) is 0 Å². The summed E-state index contributed by atoms with van der Waals surface area (Å²) in [7, 11) is 0. The van der Waals surface area contributed by atoms with E-state index in [1.165, 1.54) is 5.57 Å². The predicted molar refractivity (Wildman–Crippen MR) is 61.1 cm³/mol. The van der Waals surface area contributed by atoms with Gasteiger partial charge >= 0.3 is 0 Å². The van der Waals surface area contributed by atoms with Crippen molar-refractivity contribution in [1.82, 2.24) is 7.99 Å². The summed E-state index contributed by atoms with van der Waals surface area (Å²) in [6, 6.07) is 0. The highest BCUT2D eigenvalue weighted by molar-refractivity contribution is 14.1. The van der Waals surface area contributed by atoms with Crippen molar-refractivity contribution in [1.29, 1.82) is 0 Å². The first kappa shape index (κ1) is 9.51. The summed E-state index contributed by atoms with van der Waals surface area (Å²) in [6.07, 6.45) is 5.81. The first-order valence-electron chi connectivity index (χ1n) is 3.66. The van der Waals surface area contributed by atoms with Gasteiger partial charge in [0, 0.05) is 11.8 Å². The number of halogens is 1. The lowest BCUT2D eigenvalue weighted by molar-refractivity contribution is 1.04. The molecule has 0 fully saturated rings. The van der Waals surface area contributed by atoms with Crippen LogP contribution in [0.5, 0.6) is 0 Å². The molecule has 64 valence electrons. The molecule has 2 nitrogen and oxygen atoms in total. The normalized spacial score (nSPS) is 9.58. The van der Waals surface area contributed by atoms with Crippen LogP contribution < -0.4 is 0 Å². The molecule has 0 aliphatic heterocycles. The van der Waals surface area contributed by atoms with E-state index in [1.807, 2.05) is 18.3 Å². The average molecular weight is 274 g/mol. The topological polar surface area (TPSA) is 17.8 Å². The van der Waals surface area contributed by atoms with E-state index in [4.69, 9.17) is 0 Å². The van der Waals surface area contributed by atoms with Crippen molar-refractivity contribution in [3.8, 4) is 0 Å². The van der Waals surface area contributed by atoms with E-state index in [1.54, 1.807) is 2.90 Å². The van der Waals surface area contributed by atoms with Crippen LogP contribution in [-0.2, 0) is 0 Å². The zero-order valence-corrected chi connectivity index (χ0v) is 9.37. The Labute approximate surface area is 86.5 Å². The van der Waals surface area contributed by atoms with Gasteiger partial charge in [-0.1, -0.05) is 18.2 Å². The molecular weight excluding hydrogens is 263 g/mol. The lowest BCUT2D eigenvalue weighted by Crippen LogP contribution is -1.79. The number of hydrogen-bond acceptors (Lipinski definition) is 1. The minimum Gasteiger partial charge on any atom is -0.210 e. The molecule has 0 N–H and O–H groups in total. The molecule has 1 heterocycles. The lowest BCUT2D eigenvalue weighted by Gasteiger charge is -1.89. The highest BCUT2D eigenvalue weighted by Gasteiger charge is 2.00. The maximum absolute atomic E-state index is 4.28. The SMILES string of the molecule is C=Cc1cn(I)nc1C=C(C)C. The summed E-state index contributed by atoms with van der Waals surface area (Å²) in [4.78, 5) is 0. The Morgan fingerprint density at radius 3 is 2.83 bits per heavy atom. The summed E-state index contributed by atoms with van der Waals surface area (Å²) >= 11 is 2.12. The van der Waals surface area contributed by atoms with Gasteiger partial charge in [0.15, 0.2) is 0 Å². The summed E-state index contributed by atoms with van der Waals surface area (Å²) in [5.74, 6) is 0. The largest absolute Gasteiger partial charge is 0.210 e. The zero-order valence-electron chi connectivity index (χ0n) is 7.21. The third-order valence-electron chi connectivity index (χ3n) is 1.39. The van der Waals surface area contributed by atoms with E-state index in [2.05, 4.69) is 48.4 Å². The van der Waals surface area contributed by atoms with Gasteiger partial charge in [0.2, 0.25) is 0 Å². The highest BCUT2D eigenvalue weighted by Crippen LogP contribution is 2.13. The molecule has 0 bridgehead atoms. The van der Waals surface area contributed by atoms with Gasteiger partial charge in [0.25, 0.3) is 0 Å². The van der Waals surface area contributed by atoms with Gasteiger partial charge in [-0.2, -0.15) is 5.10 Å². The Morgan fingerprint density at radius 1 is 1.67 bits per heavy atom. The van der Waals surface area contributed by atoms with Crippen molar-refractivity contribution in [2.24, 2.45) is 0 Å². The number of aromatic nitrogens is 2. The van der Waals surface area contributed by atoms with E-state index in [0.29, 0.717) is 0 Å². The number of allylic oxidation sites excluding steroid dienone is 1. The number of rotatable bonds is 2.